The second-order valence-corrected chi connectivity index (χ2v) is 9.42. The molecule has 4 aromatic rings. The smallest absolute Gasteiger partial charge is 0.202 e. The largest absolute Gasteiger partial charge is 0.364 e. The van der Waals surface area contributed by atoms with Crippen LogP contribution in [0.4, 0.5) is 5.82 Å². The third-order valence-corrected chi connectivity index (χ3v) is 7.97. The molecule has 2 aliphatic rings. The van der Waals surface area contributed by atoms with E-state index in [-0.39, 0.29) is 5.41 Å². The van der Waals surface area contributed by atoms with Gasteiger partial charge in [-0.05, 0) is 31.2 Å². The highest BCUT2D eigenvalue weighted by molar-refractivity contribution is 6.43. The molecule has 3 unspecified atom stereocenters. The molecule has 3 N–H and O–H groups in total. The summed E-state index contributed by atoms with van der Waals surface area (Å²) >= 11 is 12.6. The zero-order chi connectivity index (χ0) is 22.0. The van der Waals surface area contributed by atoms with Gasteiger partial charge < -0.3 is 15.2 Å². The van der Waals surface area contributed by atoms with Gasteiger partial charge in [0, 0.05) is 36.2 Å². The lowest BCUT2D eigenvalue weighted by Crippen LogP contribution is -2.32. The van der Waals surface area contributed by atoms with Crippen LogP contribution in [0.15, 0.2) is 35.2 Å². The van der Waals surface area contributed by atoms with Crippen molar-refractivity contribution in [2.24, 2.45) is 17.6 Å². The Morgan fingerprint density at radius 2 is 2.19 bits per heavy atom. The molecule has 10 heteroatoms. The van der Waals surface area contributed by atoms with Crippen molar-refractivity contribution in [1.29, 1.82) is 0 Å². The van der Waals surface area contributed by atoms with Gasteiger partial charge in [-0.25, -0.2) is 9.97 Å². The maximum Gasteiger partial charge on any atom is 0.202 e. The van der Waals surface area contributed by atoms with Crippen molar-refractivity contribution >= 4 is 40.2 Å². The number of nitrogens with two attached hydrogens (primary N) is 1. The highest BCUT2D eigenvalue weighted by Gasteiger charge is 2.67. The Hall–Kier alpha value is -2.68. The van der Waals surface area contributed by atoms with E-state index < -0.39 is 0 Å². The monoisotopic (exact) mass is 469 g/mol. The zero-order valence-corrected chi connectivity index (χ0v) is 18.9. The van der Waals surface area contributed by atoms with Gasteiger partial charge in [0.2, 0.25) is 5.65 Å². The van der Waals surface area contributed by atoms with Gasteiger partial charge in [0.25, 0.3) is 0 Å². The van der Waals surface area contributed by atoms with E-state index in [1.54, 1.807) is 18.5 Å². The molecule has 1 aliphatic carbocycles. The molecular weight excluding hydrogens is 449 g/mol. The molecule has 1 aliphatic heterocycles. The van der Waals surface area contributed by atoms with Crippen LogP contribution in [0.3, 0.4) is 0 Å². The molecule has 4 heterocycles. The first-order valence-corrected chi connectivity index (χ1v) is 11.3. The number of rotatable bonds is 4. The van der Waals surface area contributed by atoms with E-state index in [1.165, 1.54) is 0 Å². The maximum atomic E-state index is 6.39. The van der Waals surface area contributed by atoms with Gasteiger partial charge in [0.05, 0.1) is 27.6 Å². The normalized spacial score (nSPS) is 24.7. The lowest BCUT2D eigenvalue weighted by Gasteiger charge is -2.26. The number of nitrogens with zero attached hydrogens (tertiary/aromatic N) is 5. The minimum Gasteiger partial charge on any atom is -0.364 e. The predicted octanol–water partition coefficient (Wildman–Crippen LogP) is 3.98. The quantitative estimate of drug-likeness (QED) is 0.464. The first-order chi connectivity index (χ1) is 15.5. The van der Waals surface area contributed by atoms with Crippen molar-refractivity contribution in [3.63, 3.8) is 0 Å². The lowest BCUT2D eigenvalue weighted by atomic mass is 9.94. The third kappa shape index (κ3) is 2.73. The molecule has 164 valence electrons. The molecule has 3 aromatic heterocycles. The number of halogens is 2. The van der Waals surface area contributed by atoms with E-state index in [9.17, 15) is 0 Å². The number of aromatic amines is 1. The van der Waals surface area contributed by atoms with Crippen LogP contribution in [0.25, 0.3) is 22.4 Å². The minimum atomic E-state index is -0.105. The standard InChI is InChI=1S/C22H21Cl2N7O/c1-11-9-32-30-20(11)22(10-25)13-5-6-31(8-14(13)22)16-7-26-19-18(28-29-21(19)27-16)12-3-2-4-15(23)17(12)24/h2-4,7,9,13-14H,5-6,8,10,25H2,1H3,(H,27,28,29). The Bertz CT molecular complexity index is 1340. The number of anilines is 1. The molecule has 32 heavy (non-hydrogen) atoms. The van der Waals surface area contributed by atoms with E-state index in [2.05, 4.69) is 25.2 Å². The lowest BCUT2D eigenvalue weighted by molar-refractivity contribution is 0.397. The first kappa shape index (κ1) is 20.0. The Morgan fingerprint density at radius 3 is 2.97 bits per heavy atom. The van der Waals surface area contributed by atoms with Gasteiger partial charge in [0.1, 0.15) is 17.6 Å². The van der Waals surface area contributed by atoms with Crippen LogP contribution in [-0.2, 0) is 5.41 Å². The molecule has 1 aromatic carbocycles. The predicted molar refractivity (Wildman–Crippen MR) is 123 cm³/mol. The average molecular weight is 470 g/mol. The summed E-state index contributed by atoms with van der Waals surface area (Å²) in [5.74, 6) is 1.75. The highest BCUT2D eigenvalue weighted by atomic mass is 35.5. The van der Waals surface area contributed by atoms with Crippen molar-refractivity contribution < 1.29 is 4.52 Å². The van der Waals surface area contributed by atoms with Crippen molar-refractivity contribution in [2.45, 2.75) is 18.8 Å². The van der Waals surface area contributed by atoms with E-state index in [1.807, 2.05) is 19.1 Å². The van der Waals surface area contributed by atoms with E-state index in [0.29, 0.717) is 45.3 Å². The number of fused-ring (bicyclic) bond motifs is 2. The van der Waals surface area contributed by atoms with Gasteiger partial charge >= 0.3 is 0 Å². The molecule has 1 saturated heterocycles. The zero-order valence-electron chi connectivity index (χ0n) is 17.3. The number of H-pyrrole nitrogens is 1. The van der Waals surface area contributed by atoms with Gasteiger partial charge in [-0.2, -0.15) is 5.10 Å². The molecule has 1 saturated carbocycles. The first-order valence-electron chi connectivity index (χ1n) is 10.6. The van der Waals surface area contributed by atoms with Gasteiger partial charge in [0.15, 0.2) is 0 Å². The SMILES string of the molecule is Cc1conc1C1(CN)C2CCN(c3cnc4c(-c5cccc(Cl)c5Cl)[nH]nc4n3)CC21. The van der Waals surface area contributed by atoms with Crippen molar-refractivity contribution in [3.8, 4) is 11.3 Å². The van der Waals surface area contributed by atoms with Crippen LogP contribution in [-0.4, -0.2) is 45.0 Å². The minimum absolute atomic E-state index is 0.105. The molecule has 3 atom stereocenters. The summed E-state index contributed by atoms with van der Waals surface area (Å²) in [5.41, 5.74) is 10.9. The molecular formula is C22H21Cl2N7O. The summed E-state index contributed by atoms with van der Waals surface area (Å²) in [5, 5.41) is 12.6. The maximum absolute atomic E-state index is 6.39. The number of aromatic nitrogens is 5. The fraction of sp³-hybridized carbons (Fsp3) is 0.364. The summed E-state index contributed by atoms with van der Waals surface area (Å²) in [6.07, 6.45) is 4.53. The number of hydrogen-bond acceptors (Lipinski definition) is 7. The van der Waals surface area contributed by atoms with Crippen LogP contribution in [0.2, 0.25) is 10.0 Å². The molecule has 0 bridgehead atoms. The number of benzene rings is 1. The second-order valence-electron chi connectivity index (χ2n) is 8.64. The van der Waals surface area contributed by atoms with Crippen molar-refractivity contribution in [3.05, 3.63) is 52.0 Å². The Balaban J connectivity index is 1.30. The highest BCUT2D eigenvalue weighted by Crippen LogP contribution is 2.63. The number of piperidine rings is 1. The van der Waals surface area contributed by atoms with Gasteiger partial charge in [-0.15, -0.1) is 0 Å². The van der Waals surface area contributed by atoms with E-state index >= 15 is 0 Å². The van der Waals surface area contributed by atoms with Crippen LogP contribution >= 0.6 is 23.2 Å². The van der Waals surface area contributed by atoms with Crippen molar-refractivity contribution in [2.75, 3.05) is 24.5 Å². The molecule has 0 amide bonds. The molecule has 8 nitrogen and oxygen atoms in total. The summed E-state index contributed by atoms with van der Waals surface area (Å²) in [4.78, 5) is 11.7. The molecule has 0 radical (unpaired) electrons. The number of hydrogen-bond donors (Lipinski definition) is 2. The summed E-state index contributed by atoms with van der Waals surface area (Å²) in [7, 11) is 0. The Kier molecular flexibility index (Phi) is 4.47. The molecule has 2 fully saturated rings. The molecule has 6 rings (SSSR count). The second kappa shape index (κ2) is 7.16. The number of nitrogens with one attached hydrogen (secondary N) is 1. The van der Waals surface area contributed by atoms with E-state index in [0.717, 1.165) is 42.1 Å². The average Bonchev–Trinajstić information content (AvgIpc) is 3.06. The number of aryl methyl sites for hydroxylation is 1. The fourth-order valence-electron chi connectivity index (χ4n) is 5.50. The van der Waals surface area contributed by atoms with Crippen LogP contribution < -0.4 is 10.6 Å². The van der Waals surface area contributed by atoms with Gasteiger partial charge in [-0.3, -0.25) is 5.10 Å². The van der Waals surface area contributed by atoms with Crippen LogP contribution in [0.5, 0.6) is 0 Å². The topological polar surface area (TPSA) is 110 Å². The molecule has 0 spiro atoms. The van der Waals surface area contributed by atoms with Gasteiger partial charge in [-0.1, -0.05) is 40.5 Å². The summed E-state index contributed by atoms with van der Waals surface area (Å²) < 4.78 is 5.22. The van der Waals surface area contributed by atoms with E-state index in [4.69, 9.17) is 38.4 Å². The Labute approximate surface area is 194 Å². The van der Waals surface area contributed by atoms with Crippen LogP contribution in [0.1, 0.15) is 17.7 Å². The van der Waals surface area contributed by atoms with Crippen LogP contribution in [0, 0.1) is 18.8 Å². The summed E-state index contributed by atoms with van der Waals surface area (Å²) in [6.45, 7) is 4.34. The summed E-state index contributed by atoms with van der Waals surface area (Å²) in [6, 6.07) is 5.48. The third-order valence-electron chi connectivity index (χ3n) is 7.15. The Morgan fingerprint density at radius 1 is 1.31 bits per heavy atom. The fourth-order valence-corrected chi connectivity index (χ4v) is 5.89. The van der Waals surface area contributed by atoms with Crippen molar-refractivity contribution in [1.82, 2.24) is 25.3 Å².